The number of morpholine rings is 1. The molecule has 0 radical (unpaired) electrons. The Morgan fingerprint density at radius 3 is 2.70 bits per heavy atom. The van der Waals surface area contributed by atoms with Crippen molar-refractivity contribution in [3.63, 3.8) is 0 Å². The third kappa shape index (κ3) is 6.13. The van der Waals surface area contributed by atoms with E-state index in [2.05, 4.69) is 11.4 Å². The SMILES string of the molecule is O=C(COC(=O)c1cccc(S(=O)(=O)N2CCOCC2)c1)NCCC1=CCCCC1. The van der Waals surface area contributed by atoms with Gasteiger partial charge in [0, 0.05) is 19.6 Å². The van der Waals surface area contributed by atoms with Gasteiger partial charge in [-0.15, -0.1) is 0 Å². The minimum atomic E-state index is -3.71. The molecule has 164 valence electrons. The summed E-state index contributed by atoms with van der Waals surface area (Å²) in [7, 11) is -3.71. The van der Waals surface area contributed by atoms with E-state index >= 15 is 0 Å². The van der Waals surface area contributed by atoms with Crippen molar-refractivity contribution in [1.82, 2.24) is 9.62 Å². The van der Waals surface area contributed by atoms with Gasteiger partial charge in [0.2, 0.25) is 10.0 Å². The summed E-state index contributed by atoms with van der Waals surface area (Å²) in [6.45, 7) is 1.33. The van der Waals surface area contributed by atoms with Gasteiger partial charge in [0.15, 0.2) is 6.61 Å². The van der Waals surface area contributed by atoms with E-state index in [9.17, 15) is 18.0 Å². The van der Waals surface area contributed by atoms with Crippen LogP contribution in [0.5, 0.6) is 0 Å². The number of carbonyl (C=O) groups is 2. The molecule has 0 aromatic heterocycles. The van der Waals surface area contributed by atoms with E-state index in [0.717, 1.165) is 19.3 Å². The van der Waals surface area contributed by atoms with Crippen LogP contribution in [0.2, 0.25) is 0 Å². The number of esters is 1. The van der Waals surface area contributed by atoms with Crippen LogP contribution >= 0.6 is 0 Å². The Morgan fingerprint density at radius 2 is 1.97 bits per heavy atom. The van der Waals surface area contributed by atoms with Crippen LogP contribution in [0.25, 0.3) is 0 Å². The second-order valence-corrected chi connectivity index (χ2v) is 9.27. The molecule has 1 fully saturated rings. The van der Waals surface area contributed by atoms with E-state index in [1.165, 1.54) is 47.0 Å². The number of hydrogen-bond donors (Lipinski definition) is 1. The Morgan fingerprint density at radius 1 is 1.17 bits per heavy atom. The molecule has 1 aliphatic heterocycles. The molecule has 30 heavy (non-hydrogen) atoms. The van der Waals surface area contributed by atoms with Gasteiger partial charge in [-0.2, -0.15) is 4.31 Å². The fourth-order valence-electron chi connectivity index (χ4n) is 3.48. The van der Waals surface area contributed by atoms with Crippen molar-refractivity contribution in [3.8, 4) is 0 Å². The first-order valence-electron chi connectivity index (χ1n) is 10.3. The molecule has 1 N–H and O–H groups in total. The van der Waals surface area contributed by atoms with Crippen LogP contribution in [0.4, 0.5) is 0 Å². The van der Waals surface area contributed by atoms with E-state index in [4.69, 9.17) is 9.47 Å². The Labute approximate surface area is 177 Å². The quantitative estimate of drug-likeness (QED) is 0.493. The van der Waals surface area contributed by atoms with Gasteiger partial charge < -0.3 is 14.8 Å². The normalized spacial score (nSPS) is 17.8. The van der Waals surface area contributed by atoms with Gasteiger partial charge in [0.1, 0.15) is 0 Å². The maximum absolute atomic E-state index is 12.7. The minimum absolute atomic E-state index is 0.0176. The van der Waals surface area contributed by atoms with Crippen molar-refractivity contribution in [1.29, 1.82) is 0 Å². The lowest BCUT2D eigenvalue weighted by atomic mass is 9.97. The van der Waals surface area contributed by atoms with Crippen molar-refractivity contribution in [2.45, 2.75) is 37.0 Å². The van der Waals surface area contributed by atoms with Crippen molar-refractivity contribution < 1.29 is 27.5 Å². The Hall–Kier alpha value is -2.23. The van der Waals surface area contributed by atoms with Gasteiger partial charge in [-0.05, 0) is 50.3 Å². The highest BCUT2D eigenvalue weighted by Crippen LogP contribution is 2.20. The Bertz CT molecular complexity index is 891. The predicted octanol–water partition coefficient (Wildman–Crippen LogP) is 1.87. The minimum Gasteiger partial charge on any atom is -0.452 e. The van der Waals surface area contributed by atoms with E-state index < -0.39 is 22.6 Å². The maximum Gasteiger partial charge on any atom is 0.338 e. The highest BCUT2D eigenvalue weighted by molar-refractivity contribution is 7.89. The number of benzene rings is 1. The van der Waals surface area contributed by atoms with E-state index in [1.54, 1.807) is 0 Å². The monoisotopic (exact) mass is 436 g/mol. The molecule has 1 amide bonds. The second-order valence-electron chi connectivity index (χ2n) is 7.33. The Balaban J connectivity index is 1.49. The average molecular weight is 437 g/mol. The molecule has 3 rings (SSSR count). The third-order valence-electron chi connectivity index (χ3n) is 5.17. The molecule has 0 unspecified atom stereocenters. The summed E-state index contributed by atoms with van der Waals surface area (Å²) in [6.07, 6.45) is 7.63. The molecule has 1 saturated heterocycles. The van der Waals surface area contributed by atoms with Crippen LogP contribution in [-0.2, 0) is 24.3 Å². The third-order valence-corrected chi connectivity index (χ3v) is 7.06. The zero-order valence-electron chi connectivity index (χ0n) is 17.0. The van der Waals surface area contributed by atoms with Gasteiger partial charge in [0.05, 0.1) is 23.7 Å². The van der Waals surface area contributed by atoms with E-state index in [1.807, 2.05) is 0 Å². The number of ether oxygens (including phenoxy) is 2. The summed E-state index contributed by atoms with van der Waals surface area (Å²) in [5, 5.41) is 2.74. The van der Waals surface area contributed by atoms with Gasteiger partial charge in [0.25, 0.3) is 5.91 Å². The van der Waals surface area contributed by atoms with Crippen LogP contribution in [-0.4, -0.2) is 64.1 Å². The molecular formula is C21H28N2O6S. The molecule has 1 aromatic carbocycles. The maximum atomic E-state index is 12.7. The number of nitrogens with one attached hydrogen (secondary N) is 1. The summed E-state index contributed by atoms with van der Waals surface area (Å²) in [6, 6.07) is 5.67. The van der Waals surface area contributed by atoms with Crippen molar-refractivity contribution >= 4 is 21.9 Å². The summed E-state index contributed by atoms with van der Waals surface area (Å²) < 4.78 is 37.0. The number of hydrogen-bond acceptors (Lipinski definition) is 6. The highest BCUT2D eigenvalue weighted by atomic mass is 32.2. The summed E-state index contributed by atoms with van der Waals surface area (Å²) >= 11 is 0. The lowest BCUT2D eigenvalue weighted by Crippen LogP contribution is -2.40. The standard InChI is InChI=1S/C21H28N2O6S/c24-20(22-10-9-17-5-2-1-3-6-17)16-29-21(25)18-7-4-8-19(15-18)30(26,27)23-11-13-28-14-12-23/h4-5,7-8,15H,1-3,6,9-14,16H2,(H,22,24). The largest absolute Gasteiger partial charge is 0.452 e. The number of rotatable bonds is 8. The van der Waals surface area contributed by atoms with Gasteiger partial charge in [-0.1, -0.05) is 17.7 Å². The second kappa shape index (κ2) is 10.7. The molecule has 1 aromatic rings. The topological polar surface area (TPSA) is 102 Å². The lowest BCUT2D eigenvalue weighted by molar-refractivity contribution is -0.124. The summed E-state index contributed by atoms with van der Waals surface area (Å²) in [4.78, 5) is 24.2. The van der Waals surface area contributed by atoms with Crippen LogP contribution < -0.4 is 5.32 Å². The summed E-state index contributed by atoms with van der Waals surface area (Å²) in [5.41, 5.74) is 1.45. The fraction of sp³-hybridized carbons (Fsp3) is 0.524. The van der Waals surface area contributed by atoms with Crippen molar-refractivity contribution in [3.05, 3.63) is 41.5 Å². The lowest BCUT2D eigenvalue weighted by Gasteiger charge is -2.26. The van der Waals surface area contributed by atoms with Crippen molar-refractivity contribution in [2.24, 2.45) is 0 Å². The van der Waals surface area contributed by atoms with Gasteiger partial charge >= 0.3 is 5.97 Å². The molecular weight excluding hydrogens is 408 g/mol. The number of sulfonamides is 1. The number of allylic oxidation sites excluding steroid dienone is 1. The molecule has 0 bridgehead atoms. The molecule has 0 atom stereocenters. The smallest absolute Gasteiger partial charge is 0.338 e. The summed E-state index contributed by atoms with van der Waals surface area (Å²) in [5.74, 6) is -1.11. The first-order valence-corrected chi connectivity index (χ1v) is 11.7. The zero-order valence-corrected chi connectivity index (χ0v) is 17.8. The molecule has 8 nitrogen and oxygen atoms in total. The molecule has 2 aliphatic rings. The van der Waals surface area contributed by atoms with Crippen molar-refractivity contribution in [2.75, 3.05) is 39.5 Å². The van der Waals surface area contributed by atoms with Crippen LogP contribution in [0, 0.1) is 0 Å². The molecule has 0 saturated carbocycles. The van der Waals surface area contributed by atoms with Crippen LogP contribution in [0.15, 0.2) is 40.8 Å². The predicted molar refractivity (Wildman–Crippen MR) is 110 cm³/mol. The Kier molecular flexibility index (Phi) is 8.01. The molecule has 1 aliphatic carbocycles. The van der Waals surface area contributed by atoms with Crippen LogP contribution in [0.1, 0.15) is 42.5 Å². The molecule has 9 heteroatoms. The fourth-order valence-corrected chi connectivity index (χ4v) is 4.93. The van der Waals surface area contributed by atoms with E-state index in [0.29, 0.717) is 19.8 Å². The first kappa shape index (κ1) is 22.5. The average Bonchev–Trinajstić information content (AvgIpc) is 2.79. The molecule has 1 heterocycles. The van der Waals surface area contributed by atoms with E-state index in [-0.39, 0.29) is 29.5 Å². The zero-order chi connectivity index (χ0) is 21.4. The van der Waals surface area contributed by atoms with Gasteiger partial charge in [-0.3, -0.25) is 4.79 Å². The van der Waals surface area contributed by atoms with Gasteiger partial charge in [-0.25, -0.2) is 13.2 Å². The van der Waals surface area contributed by atoms with Crippen LogP contribution in [0.3, 0.4) is 0 Å². The molecule has 0 spiro atoms. The highest BCUT2D eigenvalue weighted by Gasteiger charge is 2.27. The first-order chi connectivity index (χ1) is 14.5. The number of nitrogens with zero attached hydrogens (tertiary/aromatic N) is 1. The number of amides is 1. The number of carbonyl (C=O) groups excluding carboxylic acids is 2.